The lowest BCUT2D eigenvalue weighted by atomic mass is 10.0. The van der Waals surface area contributed by atoms with E-state index in [1.54, 1.807) is 30.3 Å². The number of aromatic nitrogens is 2. The number of anilines is 2. The number of nitrogens with zero attached hydrogens (tertiary/aromatic N) is 3. The van der Waals surface area contributed by atoms with E-state index in [1.165, 1.54) is 25.2 Å². The van der Waals surface area contributed by atoms with Crippen LogP contribution in [0.3, 0.4) is 0 Å². The molecule has 0 fully saturated rings. The first-order valence-corrected chi connectivity index (χ1v) is 12.8. The lowest BCUT2D eigenvalue weighted by Crippen LogP contribution is -2.44. The molecule has 190 valence electrons. The van der Waals surface area contributed by atoms with Crippen LogP contribution in [0.4, 0.5) is 11.4 Å². The number of primary sulfonamides is 1. The van der Waals surface area contributed by atoms with E-state index in [-0.39, 0.29) is 22.6 Å². The van der Waals surface area contributed by atoms with Crippen molar-refractivity contribution in [1.82, 2.24) is 9.55 Å². The van der Waals surface area contributed by atoms with E-state index in [1.807, 2.05) is 37.6 Å². The second-order valence-electron chi connectivity index (χ2n) is 8.81. The van der Waals surface area contributed by atoms with Crippen molar-refractivity contribution >= 4 is 49.1 Å². The van der Waals surface area contributed by atoms with Crippen molar-refractivity contribution < 1.29 is 22.7 Å². The minimum Gasteiger partial charge on any atom is -0.481 e. The van der Waals surface area contributed by atoms with Gasteiger partial charge in [0.25, 0.3) is 0 Å². The molecule has 0 bridgehead atoms. The zero-order chi connectivity index (χ0) is 26.4. The van der Waals surface area contributed by atoms with Crippen molar-refractivity contribution in [2.45, 2.75) is 24.8 Å². The molecule has 0 spiro atoms. The number of pyridine rings is 1. The minimum atomic E-state index is -3.86. The SMILES string of the molecule is COc1ccc(N(C(=O)C(N)C(C)C)c2ccc3c4cc(S(N)(=O)=O)ccc4n(C)c3c2)c(OC)n1. The lowest BCUT2D eigenvalue weighted by molar-refractivity contribution is -0.120. The molecule has 11 heteroatoms. The standard InChI is InChI=1S/C25H29N5O5S/c1-14(2)23(26)25(31)30(20-10-11-22(34-4)28-24(20)35-5)15-6-8-17-18-13-16(36(27,32)33)7-9-19(18)29(3)21(17)12-15/h6-14,23H,26H2,1-5H3,(H2,27,32,33). The number of benzene rings is 2. The van der Waals surface area contributed by atoms with E-state index in [0.717, 1.165) is 21.8 Å². The van der Waals surface area contributed by atoms with Crippen LogP contribution in [0.25, 0.3) is 21.8 Å². The van der Waals surface area contributed by atoms with Gasteiger partial charge in [-0.3, -0.25) is 9.69 Å². The number of carbonyl (C=O) groups is 1. The van der Waals surface area contributed by atoms with Crippen molar-refractivity contribution in [2.24, 2.45) is 23.8 Å². The van der Waals surface area contributed by atoms with Crippen molar-refractivity contribution in [3.63, 3.8) is 0 Å². The van der Waals surface area contributed by atoms with Crippen molar-refractivity contribution in [3.05, 3.63) is 48.5 Å². The van der Waals surface area contributed by atoms with E-state index in [2.05, 4.69) is 4.98 Å². The lowest BCUT2D eigenvalue weighted by Gasteiger charge is -2.28. The summed E-state index contributed by atoms with van der Waals surface area (Å²) < 4.78 is 36.4. The quantitative estimate of drug-likeness (QED) is 0.388. The van der Waals surface area contributed by atoms with Gasteiger partial charge in [0.15, 0.2) is 0 Å². The molecule has 2 heterocycles. The number of methoxy groups -OCH3 is 2. The monoisotopic (exact) mass is 511 g/mol. The normalized spacial score (nSPS) is 12.8. The molecule has 1 atom stereocenters. The second kappa shape index (κ2) is 9.41. The number of sulfonamides is 1. The maximum absolute atomic E-state index is 13.7. The summed E-state index contributed by atoms with van der Waals surface area (Å²) in [5.74, 6) is 0.0969. The van der Waals surface area contributed by atoms with E-state index in [9.17, 15) is 13.2 Å². The highest BCUT2D eigenvalue weighted by atomic mass is 32.2. The third-order valence-corrected chi connectivity index (χ3v) is 7.14. The zero-order valence-corrected chi connectivity index (χ0v) is 21.5. The number of nitrogens with two attached hydrogens (primary N) is 2. The molecule has 4 aromatic rings. The summed E-state index contributed by atoms with van der Waals surface area (Å²) in [7, 11) is 0.966. The first kappa shape index (κ1) is 25.4. The Hall–Kier alpha value is -3.67. The van der Waals surface area contributed by atoms with Crippen LogP contribution < -0.4 is 25.2 Å². The second-order valence-corrected chi connectivity index (χ2v) is 10.4. The van der Waals surface area contributed by atoms with Gasteiger partial charge in [0.1, 0.15) is 5.69 Å². The van der Waals surface area contributed by atoms with Gasteiger partial charge in [-0.1, -0.05) is 19.9 Å². The smallest absolute Gasteiger partial charge is 0.248 e. The van der Waals surface area contributed by atoms with Gasteiger partial charge >= 0.3 is 0 Å². The summed E-state index contributed by atoms with van der Waals surface area (Å²) in [5, 5.41) is 6.88. The van der Waals surface area contributed by atoms with Gasteiger partial charge in [-0.25, -0.2) is 13.6 Å². The summed E-state index contributed by atoms with van der Waals surface area (Å²) >= 11 is 0. The highest BCUT2D eigenvalue weighted by Crippen LogP contribution is 2.38. The molecule has 0 saturated heterocycles. The summed E-state index contributed by atoms with van der Waals surface area (Å²) in [6.07, 6.45) is 0. The van der Waals surface area contributed by atoms with Crippen molar-refractivity contribution in [2.75, 3.05) is 19.1 Å². The molecule has 2 aromatic carbocycles. The molecule has 0 saturated carbocycles. The largest absolute Gasteiger partial charge is 0.481 e. The molecule has 2 aromatic heterocycles. The van der Waals surface area contributed by atoms with Crippen molar-refractivity contribution in [3.8, 4) is 11.8 Å². The number of amides is 1. The Morgan fingerprint density at radius 2 is 1.72 bits per heavy atom. The maximum atomic E-state index is 13.7. The van der Waals surface area contributed by atoms with Gasteiger partial charge in [-0.2, -0.15) is 4.98 Å². The molecule has 0 aliphatic carbocycles. The Labute approximate surface area is 209 Å². The molecular formula is C25H29N5O5S. The van der Waals surface area contributed by atoms with Gasteiger partial charge in [0, 0.05) is 29.4 Å². The van der Waals surface area contributed by atoms with Crippen LogP contribution in [0, 0.1) is 5.92 Å². The average molecular weight is 512 g/mol. The number of rotatable bonds is 7. The third kappa shape index (κ3) is 4.36. The van der Waals surface area contributed by atoms with Crippen LogP contribution in [0.2, 0.25) is 0 Å². The molecule has 4 N–H and O–H groups in total. The maximum Gasteiger partial charge on any atom is 0.248 e. The topological polar surface area (TPSA) is 143 Å². The van der Waals surface area contributed by atoms with Gasteiger partial charge in [-0.15, -0.1) is 0 Å². The molecule has 1 unspecified atom stereocenters. The van der Waals surface area contributed by atoms with Crippen LogP contribution in [0.1, 0.15) is 13.8 Å². The molecule has 0 aliphatic rings. The summed E-state index contributed by atoms with van der Waals surface area (Å²) in [4.78, 5) is 19.5. The Kier molecular flexibility index (Phi) is 6.65. The van der Waals surface area contributed by atoms with Gasteiger partial charge in [-0.05, 0) is 42.3 Å². The highest BCUT2D eigenvalue weighted by molar-refractivity contribution is 7.89. The van der Waals surface area contributed by atoms with Gasteiger partial charge in [0.05, 0.1) is 36.4 Å². The van der Waals surface area contributed by atoms with Crippen LogP contribution in [-0.2, 0) is 21.9 Å². The van der Waals surface area contributed by atoms with Gasteiger partial charge < -0.3 is 19.8 Å². The molecule has 4 rings (SSSR count). The molecule has 1 amide bonds. The fourth-order valence-electron chi connectivity index (χ4n) is 4.16. The molecular weight excluding hydrogens is 482 g/mol. The molecule has 0 aliphatic heterocycles. The number of hydrogen-bond acceptors (Lipinski definition) is 7. The first-order chi connectivity index (χ1) is 17.0. The molecule has 36 heavy (non-hydrogen) atoms. The van der Waals surface area contributed by atoms with Crippen LogP contribution in [0.5, 0.6) is 11.8 Å². The Bertz CT molecular complexity index is 1580. The van der Waals surface area contributed by atoms with Crippen LogP contribution in [0.15, 0.2) is 53.4 Å². The van der Waals surface area contributed by atoms with Crippen LogP contribution >= 0.6 is 0 Å². The predicted octanol–water partition coefficient (Wildman–Crippen LogP) is 3.04. The fourth-order valence-corrected chi connectivity index (χ4v) is 4.70. The minimum absolute atomic E-state index is 0.0281. The highest BCUT2D eigenvalue weighted by Gasteiger charge is 2.29. The number of carbonyl (C=O) groups excluding carboxylic acids is 1. The van der Waals surface area contributed by atoms with E-state index in [0.29, 0.717) is 17.3 Å². The number of hydrogen-bond donors (Lipinski definition) is 2. The molecule has 0 radical (unpaired) electrons. The Balaban J connectivity index is 1.96. The summed E-state index contributed by atoms with van der Waals surface area (Å²) in [6, 6.07) is 12.8. The van der Waals surface area contributed by atoms with Crippen LogP contribution in [-0.4, -0.2) is 44.1 Å². The van der Waals surface area contributed by atoms with E-state index >= 15 is 0 Å². The van der Waals surface area contributed by atoms with Crippen molar-refractivity contribution in [1.29, 1.82) is 0 Å². The van der Waals surface area contributed by atoms with E-state index in [4.69, 9.17) is 20.3 Å². The third-order valence-electron chi connectivity index (χ3n) is 6.23. The Morgan fingerprint density at radius 1 is 1.00 bits per heavy atom. The fraction of sp³-hybridized carbons (Fsp3) is 0.280. The summed E-state index contributed by atoms with van der Waals surface area (Å²) in [6.45, 7) is 3.75. The zero-order valence-electron chi connectivity index (χ0n) is 20.7. The average Bonchev–Trinajstić information content (AvgIpc) is 3.14. The predicted molar refractivity (Wildman–Crippen MR) is 139 cm³/mol. The van der Waals surface area contributed by atoms with E-state index < -0.39 is 16.1 Å². The Morgan fingerprint density at radius 3 is 2.33 bits per heavy atom. The number of aryl methyl sites for hydroxylation is 1. The summed E-state index contributed by atoms with van der Waals surface area (Å²) in [5.41, 5.74) is 8.85. The number of fused-ring (bicyclic) bond motifs is 3. The molecule has 10 nitrogen and oxygen atoms in total. The number of ether oxygens (including phenoxy) is 2. The first-order valence-electron chi connectivity index (χ1n) is 11.2. The van der Waals surface area contributed by atoms with Gasteiger partial charge in [0.2, 0.25) is 27.7 Å².